The van der Waals surface area contributed by atoms with E-state index < -0.39 is 10.0 Å². The maximum atomic E-state index is 12.0. The van der Waals surface area contributed by atoms with Crippen molar-refractivity contribution in [3.8, 4) is 0 Å². The summed E-state index contributed by atoms with van der Waals surface area (Å²) in [5.74, 6) is 0.610. The van der Waals surface area contributed by atoms with Crippen LogP contribution in [0.3, 0.4) is 0 Å². The number of hydrogen-bond acceptors (Lipinski definition) is 4. The molecule has 0 atom stereocenters. The molecule has 0 amide bonds. The summed E-state index contributed by atoms with van der Waals surface area (Å²) in [6, 6.07) is 6.72. The van der Waals surface area contributed by atoms with E-state index in [2.05, 4.69) is 40.5 Å². The Morgan fingerprint density at radius 2 is 1.92 bits per heavy atom. The number of fused-ring (bicyclic) bond motifs is 1. The second kappa shape index (κ2) is 7.64. The standard InChI is InChI=1S/C19H28N2O2S2/c1-13(2)25(22,23)21-17-6-4-15(5-7-17)12-20-18-10-14(3)19-16(11-18)8-9-24-19/h8-11,13,15,17,20-21H,4-7,12H2,1-3H3. The van der Waals surface area contributed by atoms with Crippen molar-refractivity contribution in [2.45, 2.75) is 57.7 Å². The summed E-state index contributed by atoms with van der Waals surface area (Å²) in [7, 11) is -3.16. The first-order valence-electron chi connectivity index (χ1n) is 9.08. The van der Waals surface area contributed by atoms with Gasteiger partial charge in [-0.1, -0.05) is 0 Å². The first-order chi connectivity index (χ1) is 11.8. The van der Waals surface area contributed by atoms with Gasteiger partial charge in [-0.2, -0.15) is 0 Å². The first-order valence-corrected chi connectivity index (χ1v) is 11.5. The number of sulfonamides is 1. The van der Waals surface area contributed by atoms with Crippen LogP contribution >= 0.6 is 11.3 Å². The van der Waals surface area contributed by atoms with E-state index in [0.717, 1.165) is 32.2 Å². The molecule has 6 heteroatoms. The Balaban J connectivity index is 1.50. The smallest absolute Gasteiger partial charge is 0.214 e. The molecule has 1 saturated carbocycles. The Bertz CT molecular complexity index is 819. The summed E-state index contributed by atoms with van der Waals surface area (Å²) in [4.78, 5) is 0. The molecule has 0 bridgehead atoms. The molecule has 0 unspecified atom stereocenters. The highest BCUT2D eigenvalue weighted by molar-refractivity contribution is 7.90. The second-order valence-corrected chi connectivity index (χ2v) is 10.6. The van der Waals surface area contributed by atoms with Crippen molar-refractivity contribution >= 4 is 37.1 Å². The average Bonchev–Trinajstić information content (AvgIpc) is 3.03. The molecule has 1 aliphatic rings. The van der Waals surface area contributed by atoms with Gasteiger partial charge in [0.05, 0.1) is 5.25 Å². The third-order valence-electron chi connectivity index (χ3n) is 5.13. The fraction of sp³-hybridized carbons (Fsp3) is 0.579. The van der Waals surface area contributed by atoms with E-state index in [1.807, 2.05) is 0 Å². The predicted molar refractivity (Wildman–Crippen MR) is 108 cm³/mol. The lowest BCUT2D eigenvalue weighted by Gasteiger charge is -2.29. The molecule has 1 fully saturated rings. The molecule has 0 saturated heterocycles. The van der Waals surface area contributed by atoms with Crippen LogP contribution in [0.25, 0.3) is 10.1 Å². The van der Waals surface area contributed by atoms with Crippen LogP contribution in [0.2, 0.25) is 0 Å². The third-order valence-corrected chi connectivity index (χ3v) is 8.10. The van der Waals surface area contributed by atoms with E-state index in [0.29, 0.717) is 5.92 Å². The van der Waals surface area contributed by atoms with Gasteiger partial charge in [0.15, 0.2) is 0 Å². The van der Waals surface area contributed by atoms with Gasteiger partial charge in [0.2, 0.25) is 10.0 Å². The molecule has 0 spiro atoms. The van der Waals surface area contributed by atoms with Gasteiger partial charge >= 0.3 is 0 Å². The number of aryl methyl sites for hydroxylation is 1. The predicted octanol–water partition coefficient (Wildman–Crippen LogP) is 4.51. The Morgan fingerprint density at radius 3 is 2.60 bits per heavy atom. The summed E-state index contributed by atoms with van der Waals surface area (Å²) in [6.07, 6.45) is 4.00. The highest BCUT2D eigenvalue weighted by atomic mass is 32.2. The number of nitrogens with one attached hydrogen (secondary N) is 2. The van der Waals surface area contributed by atoms with Gasteiger partial charge in [-0.25, -0.2) is 13.1 Å². The lowest BCUT2D eigenvalue weighted by atomic mass is 9.86. The van der Waals surface area contributed by atoms with Crippen molar-refractivity contribution in [1.29, 1.82) is 0 Å². The fourth-order valence-electron chi connectivity index (χ4n) is 3.48. The van der Waals surface area contributed by atoms with Gasteiger partial charge < -0.3 is 5.32 Å². The topological polar surface area (TPSA) is 58.2 Å². The van der Waals surface area contributed by atoms with E-state index >= 15 is 0 Å². The van der Waals surface area contributed by atoms with Crippen molar-refractivity contribution in [2.75, 3.05) is 11.9 Å². The second-order valence-electron chi connectivity index (χ2n) is 7.44. The molecular formula is C19H28N2O2S2. The molecular weight excluding hydrogens is 352 g/mol. The molecule has 1 aliphatic carbocycles. The summed E-state index contributed by atoms with van der Waals surface area (Å²) in [5, 5.41) is 6.67. The fourth-order valence-corrected chi connectivity index (χ4v) is 5.31. The minimum atomic E-state index is -3.16. The van der Waals surface area contributed by atoms with Crippen LogP contribution in [0.1, 0.15) is 45.1 Å². The molecule has 2 aromatic rings. The number of benzene rings is 1. The van der Waals surface area contributed by atoms with E-state index in [1.165, 1.54) is 21.3 Å². The van der Waals surface area contributed by atoms with Crippen LogP contribution in [0.5, 0.6) is 0 Å². The Hall–Kier alpha value is -1.11. The van der Waals surface area contributed by atoms with Gasteiger partial charge in [0.1, 0.15) is 0 Å². The van der Waals surface area contributed by atoms with Gasteiger partial charge in [0.25, 0.3) is 0 Å². The monoisotopic (exact) mass is 380 g/mol. The van der Waals surface area contributed by atoms with Crippen molar-refractivity contribution in [2.24, 2.45) is 5.92 Å². The van der Waals surface area contributed by atoms with Crippen molar-refractivity contribution in [3.05, 3.63) is 29.1 Å². The number of anilines is 1. The number of thiophene rings is 1. The zero-order valence-corrected chi connectivity index (χ0v) is 16.8. The highest BCUT2D eigenvalue weighted by Gasteiger charge is 2.26. The molecule has 0 aliphatic heterocycles. The van der Waals surface area contributed by atoms with Crippen LogP contribution in [0.4, 0.5) is 5.69 Å². The quantitative estimate of drug-likeness (QED) is 0.775. The van der Waals surface area contributed by atoms with E-state index in [9.17, 15) is 8.42 Å². The van der Waals surface area contributed by atoms with Gasteiger partial charge in [0, 0.05) is 23.0 Å². The van der Waals surface area contributed by atoms with Crippen LogP contribution < -0.4 is 10.0 Å². The minimum Gasteiger partial charge on any atom is -0.385 e. The van der Waals surface area contributed by atoms with Crippen LogP contribution in [-0.2, 0) is 10.0 Å². The normalized spacial score (nSPS) is 21.8. The molecule has 4 nitrogen and oxygen atoms in total. The van der Waals surface area contributed by atoms with E-state index in [4.69, 9.17) is 0 Å². The molecule has 25 heavy (non-hydrogen) atoms. The number of hydrogen-bond donors (Lipinski definition) is 2. The molecule has 138 valence electrons. The zero-order valence-electron chi connectivity index (χ0n) is 15.2. The summed E-state index contributed by atoms with van der Waals surface area (Å²) in [6.45, 7) is 6.57. The maximum absolute atomic E-state index is 12.0. The van der Waals surface area contributed by atoms with Crippen molar-refractivity contribution in [3.63, 3.8) is 0 Å². The number of rotatable bonds is 6. The third kappa shape index (κ3) is 4.54. The van der Waals surface area contributed by atoms with Crippen molar-refractivity contribution < 1.29 is 8.42 Å². The Labute approximate surface area is 155 Å². The minimum absolute atomic E-state index is 0.105. The highest BCUT2D eigenvalue weighted by Crippen LogP contribution is 2.29. The van der Waals surface area contributed by atoms with Gasteiger partial charge in [-0.3, -0.25) is 0 Å². The maximum Gasteiger partial charge on any atom is 0.214 e. The molecule has 1 aromatic carbocycles. The molecule has 2 N–H and O–H groups in total. The molecule has 1 aromatic heterocycles. The van der Waals surface area contributed by atoms with E-state index in [-0.39, 0.29) is 11.3 Å². The van der Waals surface area contributed by atoms with Crippen LogP contribution in [0, 0.1) is 12.8 Å². The van der Waals surface area contributed by atoms with Crippen LogP contribution in [0.15, 0.2) is 23.6 Å². The van der Waals surface area contributed by atoms with Gasteiger partial charge in [-0.15, -0.1) is 11.3 Å². The lowest BCUT2D eigenvalue weighted by Crippen LogP contribution is -2.41. The largest absolute Gasteiger partial charge is 0.385 e. The zero-order chi connectivity index (χ0) is 18.0. The van der Waals surface area contributed by atoms with Gasteiger partial charge in [-0.05, 0) is 86.9 Å². The summed E-state index contributed by atoms with van der Waals surface area (Å²) in [5.41, 5.74) is 2.51. The molecule has 1 heterocycles. The Kier molecular flexibility index (Phi) is 5.71. The lowest BCUT2D eigenvalue weighted by molar-refractivity contribution is 0.323. The van der Waals surface area contributed by atoms with Crippen LogP contribution in [-0.4, -0.2) is 26.3 Å². The van der Waals surface area contributed by atoms with Crippen molar-refractivity contribution in [1.82, 2.24) is 4.72 Å². The molecule has 0 radical (unpaired) electrons. The average molecular weight is 381 g/mol. The SMILES string of the molecule is Cc1cc(NCC2CCC(NS(=O)(=O)C(C)C)CC2)cc2ccsc12. The Morgan fingerprint density at radius 1 is 1.20 bits per heavy atom. The first kappa shape index (κ1) is 18.7. The summed E-state index contributed by atoms with van der Waals surface area (Å²) >= 11 is 1.79. The summed E-state index contributed by atoms with van der Waals surface area (Å²) < 4.78 is 28.2. The molecule has 3 rings (SSSR count). The van der Waals surface area contributed by atoms with E-state index in [1.54, 1.807) is 25.2 Å².